The molecule has 0 unspecified atom stereocenters. The highest BCUT2D eigenvalue weighted by Crippen LogP contribution is 2.20. The monoisotopic (exact) mass is 572 g/mol. The fourth-order valence-corrected chi connectivity index (χ4v) is 4.52. The molecule has 222 valence electrons. The number of aromatic hydroxyl groups is 1. The Labute approximate surface area is 238 Å². The smallest absolute Gasteiger partial charge is 0.326 e. The van der Waals surface area contributed by atoms with Crippen molar-refractivity contribution < 1.29 is 30.8 Å². The maximum atomic E-state index is 13.8. The number of amides is 3. The molecule has 3 amide bonds. The van der Waals surface area contributed by atoms with Crippen LogP contribution >= 0.6 is 0 Å². The minimum atomic E-state index is -1.33. The van der Waals surface area contributed by atoms with Crippen molar-refractivity contribution in [2.24, 2.45) is 22.2 Å². The minimum absolute atomic E-state index is 0.0215. The Morgan fingerprint density at radius 1 is 1.20 bits per heavy atom. The summed E-state index contributed by atoms with van der Waals surface area (Å²) in [5.74, 6) is -3.44. The van der Waals surface area contributed by atoms with Gasteiger partial charge in [-0.1, -0.05) is 12.1 Å². The number of carboxylic acid groups (broad SMARTS) is 1. The van der Waals surface area contributed by atoms with Crippen molar-refractivity contribution in [3.63, 3.8) is 0 Å². The van der Waals surface area contributed by atoms with Gasteiger partial charge in [0.2, 0.25) is 17.7 Å². The van der Waals surface area contributed by atoms with Crippen LogP contribution in [0.1, 0.15) is 36.9 Å². The first-order valence-corrected chi connectivity index (χ1v) is 13.2. The number of carbonyl (C=O) groups excluding carboxylic acids is 3. The summed E-state index contributed by atoms with van der Waals surface area (Å²) in [6, 6.07) is 1.22. The fourth-order valence-electron chi connectivity index (χ4n) is 4.52. The number of rotatable bonds is 14. The van der Waals surface area contributed by atoms with Crippen LogP contribution in [0.15, 0.2) is 41.8 Å². The Bertz CT molecular complexity index is 1250. The van der Waals surface area contributed by atoms with Crippen LogP contribution in [0.4, 0.5) is 0 Å². The summed E-state index contributed by atoms with van der Waals surface area (Å²) >= 11 is 0. The van der Waals surface area contributed by atoms with Gasteiger partial charge >= 0.3 is 5.97 Å². The van der Waals surface area contributed by atoms with Gasteiger partial charge < -0.3 is 47.9 Å². The van der Waals surface area contributed by atoms with Crippen LogP contribution < -0.4 is 27.8 Å². The molecule has 11 N–H and O–H groups in total. The standard InChI is InChI=1S/C26H37N9O6/c27-18(3-1-9-31-26(28)29)22(37)33-19(12-16-13-30-14-32-16)24(39)35-10-2-4-21(35)23(38)34-20(25(40)41)11-15-5-7-17(36)8-6-15/h5-8,13-14,18-21,36H,1-4,9-12,27H2,(H,30,32)(H,33,37)(H,34,38)(H,40,41)(H4,28,29,31)/t18-,19-,20+,21-/m0/s1/i/hD. The highest BCUT2D eigenvalue weighted by molar-refractivity contribution is 5.94. The van der Waals surface area contributed by atoms with E-state index in [1.54, 1.807) is 12.1 Å². The molecule has 0 saturated carbocycles. The topological polar surface area (TPSA) is 255 Å². The predicted molar refractivity (Wildman–Crippen MR) is 148 cm³/mol. The zero-order valence-corrected chi connectivity index (χ0v) is 22.5. The van der Waals surface area contributed by atoms with Crippen molar-refractivity contribution in [1.29, 1.82) is 0 Å². The lowest BCUT2D eigenvalue weighted by Crippen LogP contribution is -2.57. The number of aromatic nitrogens is 2. The van der Waals surface area contributed by atoms with Gasteiger partial charge in [-0.05, 0) is 43.4 Å². The quantitative estimate of drug-likeness (QED) is 0.0725. The summed E-state index contributed by atoms with van der Waals surface area (Å²) in [5, 5.41) is 22.2. The molecule has 1 aromatic carbocycles. The number of nitrogens with zero attached hydrogens (tertiary/aromatic N) is 3. The number of phenols is 1. The number of likely N-dealkylation sites (tertiary alicyclic amines) is 1. The van der Waals surface area contributed by atoms with Crippen molar-refractivity contribution in [3.8, 4) is 5.75 Å². The van der Waals surface area contributed by atoms with E-state index in [4.69, 9.17) is 18.6 Å². The van der Waals surface area contributed by atoms with Gasteiger partial charge in [0.25, 0.3) is 0 Å². The molecule has 0 radical (unpaired) electrons. The average molecular weight is 573 g/mol. The number of aliphatic imine (C=N–C) groups is 1. The molecular formula is C26H37N9O6. The summed E-state index contributed by atoms with van der Waals surface area (Å²) in [6.45, 7) is 0.422. The lowest BCUT2D eigenvalue weighted by atomic mass is 10.0. The van der Waals surface area contributed by atoms with Crippen molar-refractivity contribution in [3.05, 3.63) is 48.0 Å². The van der Waals surface area contributed by atoms with Gasteiger partial charge in [0, 0.05) is 37.8 Å². The fraction of sp³-hybridized carbons (Fsp3) is 0.462. The largest absolute Gasteiger partial charge is 0.508 e. The summed E-state index contributed by atoms with van der Waals surface area (Å²) in [7, 11) is 0. The van der Waals surface area contributed by atoms with Crippen molar-refractivity contribution >= 4 is 29.7 Å². The molecule has 0 spiro atoms. The van der Waals surface area contributed by atoms with Crippen molar-refractivity contribution in [1.82, 2.24) is 25.5 Å². The lowest BCUT2D eigenvalue weighted by Gasteiger charge is -2.30. The number of phenolic OH excluding ortho intramolecular Hbond substituents is 1. The zero-order chi connectivity index (χ0) is 30.8. The number of aromatic amines is 1. The second kappa shape index (κ2) is 14.6. The number of benzene rings is 1. The van der Waals surface area contributed by atoms with Crippen LogP contribution in [0.25, 0.3) is 0 Å². The minimum Gasteiger partial charge on any atom is -0.508 e. The molecule has 3 rings (SSSR count). The maximum Gasteiger partial charge on any atom is 0.326 e. The first kappa shape index (κ1) is 29.3. The third-order valence-corrected chi connectivity index (χ3v) is 6.65. The van der Waals surface area contributed by atoms with E-state index < -0.39 is 47.9 Å². The molecule has 4 atom stereocenters. The Morgan fingerprint density at radius 3 is 2.56 bits per heavy atom. The average Bonchev–Trinajstić information content (AvgIpc) is 3.66. The highest BCUT2D eigenvalue weighted by Gasteiger charge is 2.39. The number of imidazole rings is 1. The van der Waals surface area contributed by atoms with Gasteiger partial charge in [-0.2, -0.15) is 0 Å². The number of hydrogen-bond acceptors (Lipinski definition) is 8. The summed E-state index contributed by atoms with van der Waals surface area (Å²) in [4.78, 5) is 64.0. The Balaban J connectivity index is 1.74. The molecule has 1 aromatic heterocycles. The number of guanidine groups is 1. The van der Waals surface area contributed by atoms with E-state index in [2.05, 4.69) is 20.3 Å². The number of hydrogen-bond donors (Lipinski definition) is 8. The molecule has 15 heteroatoms. The lowest BCUT2D eigenvalue weighted by molar-refractivity contribution is -0.144. The Morgan fingerprint density at radius 2 is 1.93 bits per heavy atom. The van der Waals surface area contributed by atoms with Crippen LogP contribution in [0, 0.1) is 0 Å². The third kappa shape index (κ3) is 9.20. The summed E-state index contributed by atoms with van der Waals surface area (Å²) in [6.07, 6.45) is 4.02. The van der Waals surface area contributed by atoms with Crippen LogP contribution in [-0.2, 0) is 32.0 Å². The van der Waals surface area contributed by atoms with Crippen LogP contribution in [0.2, 0.25) is 1.41 Å². The summed E-state index contributed by atoms with van der Waals surface area (Å²) in [5.41, 5.74) is 17.7. The van der Waals surface area contributed by atoms with Gasteiger partial charge in [-0.25, -0.2) is 9.78 Å². The van der Waals surface area contributed by atoms with E-state index in [1.807, 2.05) is 0 Å². The summed E-state index contributed by atoms with van der Waals surface area (Å²) < 4.78 is 8.55. The number of aliphatic carboxylic acids is 1. The molecule has 1 aliphatic heterocycles. The molecule has 0 aliphatic carbocycles. The van der Waals surface area contributed by atoms with Gasteiger partial charge in [-0.3, -0.25) is 19.4 Å². The molecule has 2 aromatic rings. The number of H-pyrrole nitrogens is 1. The molecule has 1 fully saturated rings. The molecule has 41 heavy (non-hydrogen) atoms. The second-order valence-corrected chi connectivity index (χ2v) is 9.78. The van der Waals surface area contributed by atoms with Gasteiger partial charge in [0.15, 0.2) is 7.37 Å². The van der Waals surface area contributed by atoms with Gasteiger partial charge in [0.05, 0.1) is 12.4 Å². The van der Waals surface area contributed by atoms with Crippen LogP contribution in [-0.4, -0.2) is 92.0 Å². The number of nitrogens with two attached hydrogens (primary N) is 3. The molecule has 0 bridgehead atoms. The van der Waals surface area contributed by atoms with E-state index >= 15 is 0 Å². The maximum absolute atomic E-state index is 13.8. The van der Waals surface area contributed by atoms with Crippen molar-refractivity contribution in [2.75, 3.05) is 13.1 Å². The molecule has 1 saturated heterocycles. The number of nitrogens with one attached hydrogen (secondary N) is 3. The first-order valence-electron chi connectivity index (χ1n) is 13.6. The molecule has 15 nitrogen and oxygen atoms in total. The zero-order valence-electron chi connectivity index (χ0n) is 23.5. The molecule has 2 heterocycles. The van der Waals surface area contributed by atoms with E-state index in [0.29, 0.717) is 29.4 Å². The molecular weight excluding hydrogens is 534 g/mol. The second-order valence-electron chi connectivity index (χ2n) is 9.78. The number of carbonyl (C=O) groups is 4. The predicted octanol–water partition coefficient (Wildman–Crippen LogP) is -1.67. The van der Waals surface area contributed by atoms with Gasteiger partial charge in [0.1, 0.15) is 23.9 Å². The van der Waals surface area contributed by atoms with E-state index in [0.717, 1.165) is 0 Å². The van der Waals surface area contributed by atoms with E-state index in [9.17, 15) is 29.4 Å². The Hall–Kier alpha value is -4.66. The number of carboxylic acids is 1. The first-order chi connectivity index (χ1) is 20.0. The van der Waals surface area contributed by atoms with Crippen molar-refractivity contribution in [2.45, 2.75) is 62.7 Å². The van der Waals surface area contributed by atoms with E-state index in [-0.39, 0.29) is 50.5 Å². The highest BCUT2D eigenvalue weighted by atomic mass is 16.4. The molecule has 1 aliphatic rings. The van der Waals surface area contributed by atoms with Crippen LogP contribution in [0.5, 0.6) is 5.75 Å². The van der Waals surface area contributed by atoms with Gasteiger partial charge in [-0.15, -0.1) is 0 Å². The third-order valence-electron chi connectivity index (χ3n) is 6.65. The van der Waals surface area contributed by atoms with E-state index in [1.165, 1.54) is 29.6 Å². The normalized spacial score (nSPS) is 17.1. The Kier molecular flexibility index (Phi) is 10.5. The van der Waals surface area contributed by atoms with Crippen LogP contribution in [0.3, 0.4) is 0 Å². The SMILES string of the molecule is [2H]N(C(=O)[C@@H](N)CCCN=C(N)N)[C@@H](Cc1cnc[nH]1)C(=O)N1CCC[C@H]1C(=O)N[C@H](Cc1ccc(O)cc1)C(=O)O.